The van der Waals surface area contributed by atoms with Gasteiger partial charge in [-0.1, -0.05) is 48.9 Å². The van der Waals surface area contributed by atoms with Gasteiger partial charge in [-0.3, -0.25) is 0 Å². The summed E-state index contributed by atoms with van der Waals surface area (Å²) in [5.41, 5.74) is 8.45. The molecule has 0 saturated heterocycles. The zero-order chi connectivity index (χ0) is 23.1. The molecule has 0 spiro atoms. The maximum atomic E-state index is 9.74. The number of hydrogen-bond donors (Lipinski definition) is 0. The van der Waals surface area contributed by atoms with Gasteiger partial charge in [-0.15, -0.1) is 0 Å². The van der Waals surface area contributed by atoms with Gasteiger partial charge >= 0.3 is 0 Å². The van der Waals surface area contributed by atoms with Crippen molar-refractivity contribution in [3.8, 4) is 6.07 Å². The van der Waals surface area contributed by atoms with Crippen molar-refractivity contribution in [1.29, 1.82) is 5.26 Å². The molecule has 5 nitrogen and oxygen atoms in total. The van der Waals surface area contributed by atoms with Gasteiger partial charge in [0, 0.05) is 23.5 Å². The molecule has 166 valence electrons. The number of pyridine rings is 1. The second kappa shape index (κ2) is 8.53. The zero-order valence-corrected chi connectivity index (χ0v) is 19.9. The Morgan fingerprint density at radius 1 is 1.06 bits per heavy atom. The number of aromatic nitrogens is 3. The molecule has 0 bridgehead atoms. The highest BCUT2D eigenvalue weighted by atomic mass is 35.5. The first-order valence-electron chi connectivity index (χ1n) is 11.4. The Morgan fingerprint density at radius 2 is 1.82 bits per heavy atom. The van der Waals surface area contributed by atoms with Gasteiger partial charge in [0.25, 0.3) is 0 Å². The lowest BCUT2D eigenvalue weighted by Gasteiger charge is -2.29. The molecule has 5 rings (SSSR count). The van der Waals surface area contributed by atoms with Crippen molar-refractivity contribution >= 4 is 34.1 Å². The summed E-state index contributed by atoms with van der Waals surface area (Å²) in [7, 11) is 0. The summed E-state index contributed by atoms with van der Waals surface area (Å²) in [5.74, 6) is 0.979. The molecule has 1 aliphatic rings. The van der Waals surface area contributed by atoms with Crippen LogP contribution in [0, 0.1) is 18.3 Å². The summed E-state index contributed by atoms with van der Waals surface area (Å²) in [5, 5.41) is 10.4. The monoisotopic (exact) mass is 455 g/mol. The first-order chi connectivity index (χ1) is 16.0. The number of anilines is 2. The van der Waals surface area contributed by atoms with E-state index in [1.165, 1.54) is 16.7 Å². The average molecular weight is 456 g/mol. The fourth-order valence-corrected chi connectivity index (χ4v) is 5.12. The molecular weight excluding hydrogens is 430 g/mol. The van der Waals surface area contributed by atoms with E-state index in [9.17, 15) is 5.26 Å². The number of nitriles is 1. The molecule has 1 atom stereocenters. The van der Waals surface area contributed by atoms with E-state index >= 15 is 0 Å². The Labute approximate surface area is 199 Å². The van der Waals surface area contributed by atoms with Crippen LogP contribution in [0.15, 0.2) is 48.5 Å². The SMILES string of the molecule is CCc1nc2c(Cl)cc(C)nc2n1Cc1ccc2c(c1)CCc1ccccc1N2C(C)C#N. The van der Waals surface area contributed by atoms with E-state index in [1.807, 2.05) is 26.0 Å². The number of para-hydroxylation sites is 1. The van der Waals surface area contributed by atoms with Gasteiger partial charge in [0.15, 0.2) is 5.65 Å². The summed E-state index contributed by atoms with van der Waals surface area (Å²) in [4.78, 5) is 11.7. The normalized spacial score (nSPS) is 13.8. The molecule has 1 unspecified atom stereocenters. The molecule has 6 heteroatoms. The van der Waals surface area contributed by atoms with Gasteiger partial charge in [-0.25, -0.2) is 9.97 Å². The van der Waals surface area contributed by atoms with Crippen LogP contribution in [0.25, 0.3) is 11.2 Å². The molecule has 4 aromatic rings. The van der Waals surface area contributed by atoms with E-state index in [0.717, 1.165) is 53.3 Å². The summed E-state index contributed by atoms with van der Waals surface area (Å²) in [6.07, 6.45) is 2.69. The van der Waals surface area contributed by atoms with Crippen molar-refractivity contribution in [2.75, 3.05) is 4.90 Å². The van der Waals surface area contributed by atoms with Crippen molar-refractivity contribution < 1.29 is 0 Å². The highest BCUT2D eigenvalue weighted by Crippen LogP contribution is 2.38. The zero-order valence-electron chi connectivity index (χ0n) is 19.1. The number of imidazole rings is 1. The standard InChI is InChI=1S/C27H26ClN5/c1-4-25-31-26-22(28)13-17(2)30-27(26)32(25)16-19-9-12-24-21(14-19)11-10-20-7-5-6-8-23(20)33(24)18(3)15-29/h5-9,12-14,18H,4,10-11,16H2,1-3H3. The number of benzene rings is 2. The molecule has 0 saturated carbocycles. The van der Waals surface area contributed by atoms with Crippen LogP contribution in [0.2, 0.25) is 5.02 Å². The van der Waals surface area contributed by atoms with Gasteiger partial charge in [-0.05, 0) is 61.6 Å². The van der Waals surface area contributed by atoms with E-state index in [-0.39, 0.29) is 6.04 Å². The third-order valence-corrected chi connectivity index (χ3v) is 6.70. The lowest BCUT2D eigenvalue weighted by molar-refractivity contribution is 0.744. The van der Waals surface area contributed by atoms with E-state index in [4.69, 9.17) is 21.6 Å². The van der Waals surface area contributed by atoms with E-state index < -0.39 is 0 Å². The number of rotatable bonds is 4. The van der Waals surface area contributed by atoms with Crippen molar-refractivity contribution in [2.45, 2.75) is 52.6 Å². The summed E-state index contributed by atoms with van der Waals surface area (Å²) < 4.78 is 2.18. The molecule has 2 aromatic heterocycles. The minimum atomic E-state index is -0.257. The number of halogens is 1. The van der Waals surface area contributed by atoms with Gasteiger partial charge in [-0.2, -0.15) is 5.26 Å². The number of nitrogens with zero attached hydrogens (tertiary/aromatic N) is 5. The van der Waals surface area contributed by atoms with Crippen LogP contribution in [-0.2, 0) is 25.8 Å². The van der Waals surface area contributed by atoms with Crippen LogP contribution in [0.1, 0.15) is 42.1 Å². The first-order valence-corrected chi connectivity index (χ1v) is 11.8. The average Bonchev–Trinajstić information content (AvgIpc) is 3.07. The van der Waals surface area contributed by atoms with Gasteiger partial charge in [0.2, 0.25) is 0 Å². The molecule has 33 heavy (non-hydrogen) atoms. The smallest absolute Gasteiger partial charge is 0.162 e. The van der Waals surface area contributed by atoms with Crippen molar-refractivity contribution in [1.82, 2.24) is 14.5 Å². The van der Waals surface area contributed by atoms with Crippen LogP contribution in [0.5, 0.6) is 0 Å². The lowest BCUT2D eigenvalue weighted by Crippen LogP contribution is -2.27. The van der Waals surface area contributed by atoms with Gasteiger partial charge < -0.3 is 9.47 Å². The van der Waals surface area contributed by atoms with Crippen molar-refractivity contribution in [2.24, 2.45) is 0 Å². The minimum absolute atomic E-state index is 0.257. The molecule has 2 aromatic carbocycles. The van der Waals surface area contributed by atoms with Gasteiger partial charge in [0.1, 0.15) is 17.4 Å². The lowest BCUT2D eigenvalue weighted by atomic mass is 10.0. The third kappa shape index (κ3) is 3.75. The van der Waals surface area contributed by atoms with E-state index in [1.54, 1.807) is 0 Å². The second-order valence-electron chi connectivity index (χ2n) is 8.65. The second-order valence-corrected chi connectivity index (χ2v) is 9.06. The molecule has 1 aliphatic heterocycles. The fourth-order valence-electron chi connectivity index (χ4n) is 4.84. The van der Waals surface area contributed by atoms with Crippen LogP contribution in [-0.4, -0.2) is 20.6 Å². The highest BCUT2D eigenvalue weighted by Gasteiger charge is 2.25. The van der Waals surface area contributed by atoms with Crippen LogP contribution in [0.4, 0.5) is 11.4 Å². The fraction of sp³-hybridized carbons (Fsp3) is 0.296. The summed E-state index contributed by atoms with van der Waals surface area (Å²) >= 11 is 6.48. The minimum Gasteiger partial charge on any atom is -0.325 e. The Balaban J connectivity index is 1.59. The van der Waals surface area contributed by atoms with Crippen LogP contribution >= 0.6 is 11.6 Å². The maximum Gasteiger partial charge on any atom is 0.162 e. The van der Waals surface area contributed by atoms with Crippen LogP contribution < -0.4 is 4.90 Å². The first kappa shape index (κ1) is 21.5. The van der Waals surface area contributed by atoms with Crippen LogP contribution in [0.3, 0.4) is 0 Å². The van der Waals surface area contributed by atoms with Gasteiger partial charge in [0.05, 0.1) is 17.6 Å². The maximum absolute atomic E-state index is 9.74. The quantitative estimate of drug-likeness (QED) is 0.370. The van der Waals surface area contributed by atoms with Crippen molar-refractivity contribution in [3.05, 3.63) is 81.8 Å². The molecule has 0 amide bonds. The topological polar surface area (TPSA) is 57.7 Å². The van der Waals surface area contributed by atoms with E-state index in [0.29, 0.717) is 11.6 Å². The Morgan fingerprint density at radius 3 is 2.61 bits per heavy atom. The third-order valence-electron chi connectivity index (χ3n) is 6.41. The Kier molecular flexibility index (Phi) is 5.55. The van der Waals surface area contributed by atoms with Crippen molar-refractivity contribution in [3.63, 3.8) is 0 Å². The van der Waals surface area contributed by atoms with E-state index in [2.05, 4.69) is 58.9 Å². The Hall–Kier alpha value is -3.36. The predicted molar refractivity (Wildman–Crippen MR) is 133 cm³/mol. The molecule has 0 fully saturated rings. The highest BCUT2D eigenvalue weighted by molar-refractivity contribution is 6.34. The number of fused-ring (bicyclic) bond motifs is 3. The largest absolute Gasteiger partial charge is 0.325 e. The summed E-state index contributed by atoms with van der Waals surface area (Å²) in [6, 6.07) is 19.1. The molecule has 3 heterocycles. The molecule has 0 N–H and O–H groups in total. The number of aryl methyl sites for hydroxylation is 4. The molecular formula is C27H26ClN5. The molecule has 0 radical (unpaired) electrons. The Bertz CT molecular complexity index is 1400. The summed E-state index contributed by atoms with van der Waals surface area (Å²) in [6.45, 7) is 6.70. The predicted octanol–water partition coefficient (Wildman–Crippen LogP) is 6.15. The number of hydrogen-bond acceptors (Lipinski definition) is 4. The molecule has 0 aliphatic carbocycles.